The van der Waals surface area contributed by atoms with Crippen LogP contribution in [0.2, 0.25) is 0 Å². The van der Waals surface area contributed by atoms with E-state index in [4.69, 9.17) is 43.9 Å². The minimum absolute atomic E-state index is 0.0287. The lowest BCUT2D eigenvalue weighted by molar-refractivity contribution is -0.0463. The average molecular weight is 532 g/mol. The van der Waals surface area contributed by atoms with E-state index in [1.807, 2.05) is 0 Å². The molecule has 0 radical (unpaired) electrons. The highest BCUT2D eigenvalue weighted by Crippen LogP contribution is 2.66. The summed E-state index contributed by atoms with van der Waals surface area (Å²) in [6.07, 6.45) is -2.72. The highest BCUT2D eigenvalue weighted by molar-refractivity contribution is 7.72. The fourth-order valence-electron chi connectivity index (χ4n) is 2.47. The number of aromatic nitrogens is 2. The minimum atomic E-state index is -5.68. The number of nitrogens with zero attached hydrogens (tertiary/aromatic N) is 1. The van der Waals surface area contributed by atoms with Gasteiger partial charge in [0.1, 0.15) is 17.0 Å². The van der Waals surface area contributed by atoms with Gasteiger partial charge in [-0.05, 0) is 12.2 Å². The Labute approximate surface area is 177 Å². The van der Waals surface area contributed by atoms with Crippen molar-refractivity contribution in [2.45, 2.75) is 25.4 Å². The van der Waals surface area contributed by atoms with Crippen molar-refractivity contribution >= 4 is 47.9 Å². The number of nitrogens with one attached hydrogen (secondary N) is 1. The first-order valence-electron chi connectivity index (χ1n) is 7.64. The van der Waals surface area contributed by atoms with Crippen LogP contribution in [0, 0.1) is 21.1 Å². The Kier molecular flexibility index (Phi) is 8.10. The van der Waals surface area contributed by atoms with Crippen molar-refractivity contribution in [3.8, 4) is 0 Å². The second kappa shape index (κ2) is 9.33. The SMILES string of the molecule is CC1[C@@H](O)[C@@H](COP(=O)(O)OP(=O)(O)OP(=O)(O)O)O[C@H]1n1cc(F)c(=S)[nH]c1=S. The average Bonchev–Trinajstić information content (AvgIpc) is 2.81. The van der Waals surface area contributed by atoms with Gasteiger partial charge in [0.2, 0.25) is 0 Å². The van der Waals surface area contributed by atoms with Crippen molar-refractivity contribution in [1.82, 2.24) is 9.55 Å². The maximum Gasteiger partial charge on any atom is 0.490 e. The number of ether oxygens (including phenoxy) is 1. The molecular weight excluding hydrogens is 516 g/mol. The van der Waals surface area contributed by atoms with Crippen molar-refractivity contribution in [2.24, 2.45) is 5.92 Å². The lowest BCUT2D eigenvalue weighted by Crippen LogP contribution is -2.29. The van der Waals surface area contributed by atoms with Gasteiger partial charge in [-0.2, -0.15) is 8.62 Å². The van der Waals surface area contributed by atoms with Crippen molar-refractivity contribution in [3.05, 3.63) is 21.4 Å². The summed E-state index contributed by atoms with van der Waals surface area (Å²) in [6.45, 7) is 0.631. The molecule has 172 valence electrons. The second-order valence-corrected chi connectivity index (χ2v) is 11.2. The summed E-state index contributed by atoms with van der Waals surface area (Å²) in [6, 6.07) is 0. The molecule has 1 fully saturated rings. The van der Waals surface area contributed by atoms with Crippen molar-refractivity contribution in [3.63, 3.8) is 0 Å². The minimum Gasteiger partial charge on any atom is -0.390 e. The van der Waals surface area contributed by atoms with Crippen molar-refractivity contribution in [2.75, 3.05) is 6.61 Å². The second-order valence-electron chi connectivity index (χ2n) is 5.95. The number of hydrogen-bond donors (Lipinski definition) is 6. The van der Waals surface area contributed by atoms with Crippen molar-refractivity contribution < 1.29 is 60.6 Å². The largest absolute Gasteiger partial charge is 0.490 e. The molecule has 6 atom stereocenters. The molecule has 3 unspecified atom stereocenters. The number of rotatable bonds is 8. The van der Waals surface area contributed by atoms with Gasteiger partial charge >= 0.3 is 23.5 Å². The molecule has 1 aliphatic heterocycles. The molecule has 20 heteroatoms. The highest BCUT2D eigenvalue weighted by atomic mass is 32.1. The van der Waals surface area contributed by atoms with E-state index >= 15 is 0 Å². The van der Waals surface area contributed by atoms with Crippen LogP contribution in [0.15, 0.2) is 6.20 Å². The Bertz CT molecular complexity index is 1060. The Balaban J connectivity index is 2.09. The van der Waals surface area contributed by atoms with Crippen LogP contribution in [0.1, 0.15) is 13.2 Å². The van der Waals surface area contributed by atoms with E-state index in [9.17, 15) is 28.1 Å². The van der Waals surface area contributed by atoms with E-state index in [-0.39, 0.29) is 9.41 Å². The first-order valence-corrected chi connectivity index (χ1v) is 13.0. The molecule has 1 saturated heterocycles. The summed E-state index contributed by atoms with van der Waals surface area (Å²) in [5, 5.41) is 10.3. The predicted octanol–water partition coefficient (Wildman–Crippen LogP) is 1.65. The fourth-order valence-corrected chi connectivity index (χ4v) is 5.97. The smallest absolute Gasteiger partial charge is 0.390 e. The van der Waals surface area contributed by atoms with Crippen LogP contribution in [0.3, 0.4) is 0 Å². The molecule has 2 heterocycles. The number of phosphoric ester groups is 1. The normalized spacial score (nSPS) is 28.8. The summed E-state index contributed by atoms with van der Waals surface area (Å²) in [4.78, 5) is 38.0. The van der Waals surface area contributed by atoms with E-state index in [0.717, 1.165) is 10.8 Å². The third kappa shape index (κ3) is 6.89. The van der Waals surface area contributed by atoms with Gasteiger partial charge in [0.05, 0.1) is 12.7 Å². The maximum atomic E-state index is 13.8. The number of hydrogen-bond acceptors (Lipinski definition) is 10. The summed E-state index contributed by atoms with van der Waals surface area (Å²) < 4.78 is 65.4. The first-order chi connectivity index (χ1) is 13.5. The number of halogens is 1. The highest BCUT2D eigenvalue weighted by Gasteiger charge is 2.45. The Morgan fingerprint density at radius 3 is 2.37 bits per heavy atom. The van der Waals surface area contributed by atoms with E-state index in [1.165, 1.54) is 6.92 Å². The molecule has 1 aliphatic rings. The fraction of sp³-hybridized carbons (Fsp3) is 0.600. The Morgan fingerprint density at radius 2 is 1.80 bits per heavy atom. The molecule has 0 saturated carbocycles. The van der Waals surface area contributed by atoms with Crippen LogP contribution < -0.4 is 0 Å². The summed E-state index contributed by atoms with van der Waals surface area (Å²) in [5.41, 5.74) is 0. The monoisotopic (exact) mass is 532 g/mol. The summed E-state index contributed by atoms with van der Waals surface area (Å²) >= 11 is 9.75. The molecular formula is C10H16FN2O12P3S2. The zero-order valence-electron chi connectivity index (χ0n) is 14.7. The lowest BCUT2D eigenvalue weighted by atomic mass is 10.0. The summed E-state index contributed by atoms with van der Waals surface area (Å²) in [5.74, 6) is -1.55. The van der Waals surface area contributed by atoms with Gasteiger partial charge in [-0.25, -0.2) is 18.1 Å². The van der Waals surface area contributed by atoms with Gasteiger partial charge in [-0.3, -0.25) is 9.09 Å². The van der Waals surface area contributed by atoms with Gasteiger partial charge in [0.25, 0.3) is 0 Å². The Morgan fingerprint density at radius 1 is 1.20 bits per heavy atom. The van der Waals surface area contributed by atoms with E-state index < -0.39 is 60.2 Å². The molecule has 6 N–H and O–H groups in total. The van der Waals surface area contributed by atoms with Gasteiger partial charge in [-0.15, -0.1) is 0 Å². The molecule has 0 aromatic carbocycles. The topological polar surface area (TPSA) is 210 Å². The number of aromatic amines is 1. The lowest BCUT2D eigenvalue weighted by Gasteiger charge is -2.20. The molecule has 0 aliphatic carbocycles. The molecule has 0 spiro atoms. The van der Waals surface area contributed by atoms with Gasteiger partial charge in [-0.1, -0.05) is 19.1 Å². The third-order valence-electron chi connectivity index (χ3n) is 3.70. The van der Waals surface area contributed by atoms with Crippen LogP contribution in [0.25, 0.3) is 0 Å². The first kappa shape index (κ1) is 26.0. The number of aliphatic hydroxyl groups is 1. The zero-order valence-corrected chi connectivity index (χ0v) is 19.0. The van der Waals surface area contributed by atoms with Crippen LogP contribution in [-0.2, 0) is 31.6 Å². The van der Waals surface area contributed by atoms with Crippen LogP contribution >= 0.6 is 47.9 Å². The number of aliphatic hydroxyl groups excluding tert-OH is 1. The maximum absolute atomic E-state index is 13.8. The van der Waals surface area contributed by atoms with Crippen LogP contribution in [0.4, 0.5) is 4.39 Å². The van der Waals surface area contributed by atoms with Gasteiger partial charge in [0, 0.05) is 12.1 Å². The zero-order chi connectivity index (χ0) is 23.1. The van der Waals surface area contributed by atoms with Crippen molar-refractivity contribution in [1.29, 1.82) is 0 Å². The quantitative estimate of drug-likeness (QED) is 0.208. The van der Waals surface area contributed by atoms with E-state index in [1.54, 1.807) is 0 Å². The molecule has 2 rings (SSSR count). The molecule has 0 bridgehead atoms. The molecule has 14 nitrogen and oxygen atoms in total. The van der Waals surface area contributed by atoms with E-state index in [0.29, 0.717) is 0 Å². The molecule has 1 aromatic rings. The Hall–Kier alpha value is -0.220. The summed E-state index contributed by atoms with van der Waals surface area (Å²) in [7, 11) is -16.6. The van der Waals surface area contributed by atoms with Crippen LogP contribution in [0.5, 0.6) is 0 Å². The molecule has 30 heavy (non-hydrogen) atoms. The van der Waals surface area contributed by atoms with Crippen LogP contribution in [-0.4, -0.2) is 53.0 Å². The number of H-pyrrole nitrogens is 1. The van der Waals surface area contributed by atoms with Gasteiger partial charge < -0.3 is 34.4 Å². The molecule has 0 amide bonds. The standard InChI is InChI=1S/C10H16FN2O12P3S2/c1-4-7(14)6(23-9(4)13-2-5(11)8(29)12-10(13)30)3-22-27(18,19)25-28(20,21)24-26(15,16)17/h2,4,6-7,9,14H,3H2,1H3,(H,18,19)(H,20,21)(H,12,29,30)(H2,15,16,17)/t4?,6-,7-,9-/m1/s1. The van der Waals surface area contributed by atoms with Gasteiger partial charge in [0.15, 0.2) is 10.6 Å². The van der Waals surface area contributed by atoms with E-state index in [2.05, 4.69) is 18.1 Å². The third-order valence-corrected chi connectivity index (χ3v) is 8.11. The molecule has 1 aromatic heterocycles. The predicted molar refractivity (Wildman–Crippen MR) is 99.3 cm³/mol. The number of phosphoric acid groups is 3.